The van der Waals surface area contributed by atoms with Crippen LogP contribution in [0.15, 0.2) is 6.20 Å². The number of carbonyl (C=O) groups is 1. The van der Waals surface area contributed by atoms with Crippen LogP contribution in [0.1, 0.15) is 30.2 Å². The van der Waals surface area contributed by atoms with E-state index in [2.05, 4.69) is 14.5 Å². The third kappa shape index (κ3) is 4.79. The summed E-state index contributed by atoms with van der Waals surface area (Å²) in [6, 6.07) is 0. The molecule has 0 amide bonds. The normalized spacial score (nSPS) is 11.6. The molecule has 1 aromatic heterocycles. The molecule has 0 radical (unpaired) electrons. The quantitative estimate of drug-likeness (QED) is 0.641. The molecule has 0 atom stereocenters. The first-order valence-electron chi connectivity index (χ1n) is 6.09. The van der Waals surface area contributed by atoms with Crippen molar-refractivity contribution in [2.45, 2.75) is 32.7 Å². The summed E-state index contributed by atoms with van der Waals surface area (Å²) in [5, 5.41) is 0. The number of nitrogens with two attached hydrogens (primary N) is 1. The minimum Gasteiger partial charge on any atom is -0.466 e. The molecule has 0 aromatic carbocycles. The van der Waals surface area contributed by atoms with Crippen LogP contribution >= 0.6 is 0 Å². The summed E-state index contributed by atoms with van der Waals surface area (Å²) in [5.41, 5.74) is 3.29. The van der Waals surface area contributed by atoms with Crippen LogP contribution in [0.4, 0.5) is 22.0 Å². The monoisotopic (exact) mass is 328 g/mol. The molecule has 0 fully saturated rings. The van der Waals surface area contributed by atoms with Crippen molar-refractivity contribution >= 4 is 5.97 Å². The highest BCUT2D eigenvalue weighted by molar-refractivity contribution is 5.73. The van der Waals surface area contributed by atoms with Crippen LogP contribution in [0.5, 0.6) is 5.75 Å². The summed E-state index contributed by atoms with van der Waals surface area (Å²) in [5.74, 6) is -2.12. The van der Waals surface area contributed by atoms with Crippen molar-refractivity contribution < 1.29 is 36.2 Å². The van der Waals surface area contributed by atoms with Gasteiger partial charge in [0.2, 0.25) is 0 Å². The average Bonchev–Trinajstić information content (AvgIpc) is 2.38. The third-order valence-electron chi connectivity index (χ3n) is 2.50. The first-order valence-corrected chi connectivity index (χ1v) is 6.09. The number of hydrogen-bond donors (Lipinski definition) is 1. The van der Waals surface area contributed by atoms with E-state index in [9.17, 15) is 26.7 Å². The van der Waals surface area contributed by atoms with E-state index in [1.807, 2.05) is 0 Å². The van der Waals surface area contributed by atoms with Gasteiger partial charge in [0.1, 0.15) is 0 Å². The number of pyridine rings is 1. The minimum atomic E-state index is -5.22. The largest absolute Gasteiger partial charge is 0.573 e. The van der Waals surface area contributed by atoms with Gasteiger partial charge in [-0.1, -0.05) is 0 Å². The van der Waals surface area contributed by atoms with Gasteiger partial charge in [-0.25, -0.2) is 8.78 Å². The van der Waals surface area contributed by atoms with Crippen LogP contribution < -0.4 is 10.5 Å². The second kappa shape index (κ2) is 7.34. The summed E-state index contributed by atoms with van der Waals surface area (Å²) in [6.45, 7) is 1.01. The highest BCUT2D eigenvalue weighted by Gasteiger charge is 2.36. The number of ether oxygens (including phenoxy) is 2. The lowest BCUT2D eigenvalue weighted by Crippen LogP contribution is -2.22. The van der Waals surface area contributed by atoms with E-state index < -0.39 is 48.7 Å². The number of rotatable bonds is 6. The highest BCUT2D eigenvalue weighted by atomic mass is 19.4. The Balaban J connectivity index is 3.36. The Morgan fingerprint density at radius 1 is 1.41 bits per heavy atom. The second-order valence-electron chi connectivity index (χ2n) is 4.01. The molecule has 0 saturated carbocycles. The van der Waals surface area contributed by atoms with E-state index in [0.29, 0.717) is 0 Å². The number of aromatic nitrogens is 1. The Hall–Kier alpha value is -1.97. The Kier molecular flexibility index (Phi) is 6.03. The van der Waals surface area contributed by atoms with Crippen LogP contribution in [-0.2, 0) is 22.5 Å². The maximum atomic E-state index is 13.1. The zero-order valence-corrected chi connectivity index (χ0v) is 11.4. The molecule has 0 unspecified atom stereocenters. The van der Waals surface area contributed by atoms with E-state index in [1.54, 1.807) is 0 Å². The first kappa shape index (κ1) is 18.1. The van der Waals surface area contributed by atoms with Crippen molar-refractivity contribution in [2.75, 3.05) is 6.61 Å². The molecule has 0 spiro atoms. The molecule has 0 aliphatic heterocycles. The Morgan fingerprint density at radius 2 is 2.05 bits per heavy atom. The van der Waals surface area contributed by atoms with Crippen molar-refractivity contribution in [1.82, 2.24) is 4.98 Å². The molecular weight excluding hydrogens is 315 g/mol. The smallest absolute Gasteiger partial charge is 0.466 e. The molecule has 1 aromatic rings. The summed E-state index contributed by atoms with van der Waals surface area (Å²) >= 11 is 0. The summed E-state index contributed by atoms with van der Waals surface area (Å²) in [4.78, 5) is 14.9. The Morgan fingerprint density at radius 3 is 2.50 bits per heavy atom. The first-order chi connectivity index (χ1) is 10.2. The molecule has 0 bridgehead atoms. The topological polar surface area (TPSA) is 74.4 Å². The van der Waals surface area contributed by atoms with E-state index in [4.69, 9.17) is 5.73 Å². The molecule has 10 heteroatoms. The minimum absolute atomic E-state index is 0.0170. The summed E-state index contributed by atoms with van der Waals surface area (Å²) < 4.78 is 71.7. The predicted molar refractivity (Wildman–Crippen MR) is 64.1 cm³/mol. The van der Waals surface area contributed by atoms with Crippen molar-refractivity contribution in [2.24, 2.45) is 5.73 Å². The van der Waals surface area contributed by atoms with Gasteiger partial charge in [-0.15, -0.1) is 13.2 Å². The van der Waals surface area contributed by atoms with Gasteiger partial charge < -0.3 is 15.2 Å². The van der Waals surface area contributed by atoms with Crippen LogP contribution in [0.3, 0.4) is 0 Å². The van der Waals surface area contributed by atoms with Gasteiger partial charge in [0.05, 0.1) is 24.3 Å². The molecule has 1 rings (SSSR count). The number of hydrogen-bond acceptors (Lipinski definition) is 5. The fraction of sp³-hybridized carbons (Fsp3) is 0.500. The maximum Gasteiger partial charge on any atom is 0.573 e. The molecule has 2 N–H and O–H groups in total. The van der Waals surface area contributed by atoms with Crippen molar-refractivity contribution in [3.8, 4) is 5.75 Å². The fourth-order valence-electron chi connectivity index (χ4n) is 1.69. The molecule has 22 heavy (non-hydrogen) atoms. The van der Waals surface area contributed by atoms with Gasteiger partial charge in [0.25, 0.3) is 6.43 Å². The average molecular weight is 328 g/mol. The Labute approximate surface area is 122 Å². The van der Waals surface area contributed by atoms with Gasteiger partial charge in [-0.3, -0.25) is 9.78 Å². The van der Waals surface area contributed by atoms with Crippen molar-refractivity contribution in [3.05, 3.63) is 23.0 Å². The predicted octanol–water partition coefficient (Wildman–Crippen LogP) is 2.48. The standard InChI is InChI=1S/C12H13F5N2O3/c1-2-21-8(20)3-7-10(22-12(15,16)17)9(11(13)14)6(4-18)5-19-7/h5,11H,2-4,18H2,1H3. The number of carbonyl (C=O) groups excluding carboxylic acids is 1. The molecule has 0 saturated heterocycles. The SMILES string of the molecule is CCOC(=O)Cc1ncc(CN)c(C(F)F)c1OC(F)(F)F. The number of halogens is 5. The van der Waals surface area contributed by atoms with Crippen LogP contribution in [0.25, 0.3) is 0 Å². The zero-order chi connectivity index (χ0) is 16.9. The van der Waals surface area contributed by atoms with Crippen LogP contribution in [-0.4, -0.2) is 23.9 Å². The van der Waals surface area contributed by atoms with Gasteiger partial charge in [0.15, 0.2) is 5.75 Å². The molecule has 0 aliphatic rings. The summed E-state index contributed by atoms with van der Waals surface area (Å²) in [6.07, 6.45) is -8.34. The van der Waals surface area contributed by atoms with E-state index in [-0.39, 0.29) is 12.2 Å². The van der Waals surface area contributed by atoms with E-state index in [0.717, 1.165) is 6.20 Å². The lowest BCUT2D eigenvalue weighted by molar-refractivity contribution is -0.275. The molecule has 1 heterocycles. The van der Waals surface area contributed by atoms with E-state index >= 15 is 0 Å². The van der Waals surface area contributed by atoms with Gasteiger partial charge >= 0.3 is 12.3 Å². The van der Waals surface area contributed by atoms with Gasteiger partial charge in [-0.2, -0.15) is 0 Å². The molecule has 5 nitrogen and oxygen atoms in total. The van der Waals surface area contributed by atoms with Crippen LogP contribution in [0.2, 0.25) is 0 Å². The second-order valence-corrected chi connectivity index (χ2v) is 4.01. The molecule has 0 aliphatic carbocycles. The number of esters is 1. The van der Waals surface area contributed by atoms with Crippen LogP contribution in [0, 0.1) is 0 Å². The molecule has 124 valence electrons. The summed E-state index contributed by atoms with van der Waals surface area (Å²) in [7, 11) is 0. The van der Waals surface area contributed by atoms with Crippen molar-refractivity contribution in [1.29, 1.82) is 0 Å². The maximum absolute atomic E-state index is 13.1. The molecular formula is C12H13F5N2O3. The lowest BCUT2D eigenvalue weighted by atomic mass is 10.1. The highest BCUT2D eigenvalue weighted by Crippen LogP contribution is 2.37. The Bertz CT molecular complexity index is 534. The van der Waals surface area contributed by atoms with Crippen molar-refractivity contribution in [3.63, 3.8) is 0 Å². The number of alkyl halides is 5. The zero-order valence-electron chi connectivity index (χ0n) is 11.4. The number of nitrogens with zero attached hydrogens (tertiary/aromatic N) is 1. The van der Waals surface area contributed by atoms with E-state index in [1.165, 1.54) is 6.92 Å². The lowest BCUT2D eigenvalue weighted by Gasteiger charge is -2.18. The fourth-order valence-corrected chi connectivity index (χ4v) is 1.69. The van der Waals surface area contributed by atoms with Gasteiger partial charge in [0, 0.05) is 12.7 Å². The van der Waals surface area contributed by atoms with Gasteiger partial charge in [-0.05, 0) is 12.5 Å². The third-order valence-corrected chi connectivity index (χ3v) is 2.50.